The smallest absolute Gasteiger partial charge is 0.0525 e. The Hall–Kier alpha value is -1.32. The van der Waals surface area contributed by atoms with Crippen LogP contribution in [0, 0.1) is 0 Å². The molecule has 1 heterocycles. The summed E-state index contributed by atoms with van der Waals surface area (Å²) in [4.78, 5) is 0. The molecular formula is C18H28N2O. The number of ether oxygens (including phenoxy) is 1. The van der Waals surface area contributed by atoms with E-state index in [0.29, 0.717) is 0 Å². The molecule has 0 saturated heterocycles. The minimum atomic E-state index is 0.137. The lowest BCUT2D eigenvalue weighted by Gasteiger charge is -2.21. The van der Waals surface area contributed by atoms with Gasteiger partial charge in [-0.15, -0.1) is 0 Å². The molecule has 0 aliphatic heterocycles. The second-order valence-electron chi connectivity index (χ2n) is 6.67. The summed E-state index contributed by atoms with van der Waals surface area (Å²) < 4.78 is 7.51. The van der Waals surface area contributed by atoms with Crippen molar-refractivity contribution in [1.29, 1.82) is 0 Å². The van der Waals surface area contributed by atoms with Gasteiger partial charge in [-0.25, -0.2) is 0 Å². The first kappa shape index (κ1) is 16.1. The van der Waals surface area contributed by atoms with Crippen LogP contribution < -0.4 is 5.32 Å². The Kier molecular flexibility index (Phi) is 5.43. The first-order chi connectivity index (χ1) is 10.0. The van der Waals surface area contributed by atoms with Crippen molar-refractivity contribution in [3.63, 3.8) is 0 Å². The van der Waals surface area contributed by atoms with Crippen LogP contribution in [-0.2, 0) is 17.8 Å². The monoisotopic (exact) mass is 288 g/mol. The highest BCUT2D eigenvalue weighted by Crippen LogP contribution is 2.21. The minimum Gasteiger partial charge on any atom is -0.385 e. The summed E-state index contributed by atoms with van der Waals surface area (Å²) in [6, 6.07) is 8.79. The van der Waals surface area contributed by atoms with Crippen LogP contribution in [0.1, 0.15) is 39.2 Å². The maximum atomic E-state index is 5.13. The number of para-hydroxylation sites is 1. The number of rotatable bonds is 7. The van der Waals surface area contributed by atoms with Gasteiger partial charge in [0, 0.05) is 38.5 Å². The fourth-order valence-corrected chi connectivity index (χ4v) is 2.56. The summed E-state index contributed by atoms with van der Waals surface area (Å²) in [7, 11) is 1.77. The maximum Gasteiger partial charge on any atom is 0.0525 e. The third-order valence-electron chi connectivity index (χ3n) is 3.68. The van der Waals surface area contributed by atoms with E-state index < -0.39 is 0 Å². The van der Waals surface area contributed by atoms with Crippen LogP contribution in [-0.4, -0.2) is 23.8 Å². The molecule has 0 amide bonds. The molecule has 3 nitrogen and oxygen atoms in total. The first-order valence-electron chi connectivity index (χ1n) is 7.82. The lowest BCUT2D eigenvalue weighted by Crippen LogP contribution is -2.35. The van der Waals surface area contributed by atoms with Gasteiger partial charge in [0.25, 0.3) is 0 Å². The van der Waals surface area contributed by atoms with Crippen molar-refractivity contribution >= 4 is 10.9 Å². The Balaban J connectivity index is 2.15. The topological polar surface area (TPSA) is 26.2 Å². The summed E-state index contributed by atoms with van der Waals surface area (Å²) in [5, 5.41) is 4.92. The molecule has 2 aromatic rings. The van der Waals surface area contributed by atoms with Gasteiger partial charge in [-0.05, 0) is 50.6 Å². The second kappa shape index (κ2) is 7.10. The summed E-state index contributed by atoms with van der Waals surface area (Å²) in [6.45, 7) is 9.42. The summed E-state index contributed by atoms with van der Waals surface area (Å²) in [5.41, 5.74) is 2.88. The molecule has 0 aliphatic rings. The summed E-state index contributed by atoms with van der Waals surface area (Å²) in [5.74, 6) is 0. The normalized spacial score (nSPS) is 12.2. The van der Waals surface area contributed by atoms with Gasteiger partial charge in [-0.3, -0.25) is 0 Å². The zero-order chi connectivity index (χ0) is 15.3. The van der Waals surface area contributed by atoms with Crippen molar-refractivity contribution in [2.24, 2.45) is 0 Å². The van der Waals surface area contributed by atoms with Gasteiger partial charge in [0.1, 0.15) is 0 Å². The number of nitrogens with zero attached hydrogens (tertiary/aromatic N) is 1. The van der Waals surface area contributed by atoms with E-state index in [9.17, 15) is 0 Å². The van der Waals surface area contributed by atoms with Crippen molar-refractivity contribution in [2.45, 2.75) is 52.2 Å². The molecule has 1 N–H and O–H groups in total. The molecule has 2 rings (SSSR count). The fraction of sp³-hybridized carbons (Fsp3) is 0.556. The number of hydrogen-bond acceptors (Lipinski definition) is 2. The molecule has 0 saturated carbocycles. The SMILES string of the molecule is COCCCCn1ccc2cccc(CNC(C)(C)C)c21. The van der Waals surface area contributed by atoms with Crippen molar-refractivity contribution in [3.8, 4) is 0 Å². The zero-order valence-corrected chi connectivity index (χ0v) is 13.8. The van der Waals surface area contributed by atoms with Gasteiger partial charge in [0.2, 0.25) is 0 Å². The Morgan fingerprint density at radius 1 is 1.14 bits per heavy atom. The minimum absolute atomic E-state index is 0.137. The fourth-order valence-electron chi connectivity index (χ4n) is 2.56. The van der Waals surface area contributed by atoms with E-state index in [4.69, 9.17) is 4.74 Å². The standard InChI is InChI=1S/C18H28N2O/c1-18(2,3)19-14-16-9-7-8-15-10-12-20(17(15)16)11-5-6-13-21-4/h7-10,12,19H,5-6,11,13-14H2,1-4H3. The Bertz CT molecular complexity index is 566. The quantitative estimate of drug-likeness (QED) is 0.781. The molecule has 0 spiro atoms. The van der Waals surface area contributed by atoms with Gasteiger partial charge in [0.05, 0.1) is 5.52 Å². The van der Waals surface area contributed by atoms with Crippen LogP contribution in [0.2, 0.25) is 0 Å². The number of aromatic nitrogens is 1. The Morgan fingerprint density at radius 2 is 1.95 bits per heavy atom. The average Bonchev–Trinajstić information content (AvgIpc) is 2.84. The molecule has 116 valence electrons. The van der Waals surface area contributed by atoms with Crippen LogP contribution in [0.4, 0.5) is 0 Å². The van der Waals surface area contributed by atoms with E-state index in [1.165, 1.54) is 16.5 Å². The van der Waals surface area contributed by atoms with Crippen LogP contribution in [0.25, 0.3) is 10.9 Å². The van der Waals surface area contributed by atoms with Crippen LogP contribution in [0.3, 0.4) is 0 Å². The van der Waals surface area contributed by atoms with Gasteiger partial charge >= 0.3 is 0 Å². The van der Waals surface area contributed by atoms with Crippen LogP contribution >= 0.6 is 0 Å². The average molecular weight is 288 g/mol. The lowest BCUT2D eigenvalue weighted by atomic mass is 10.1. The predicted molar refractivity (Wildman–Crippen MR) is 89.6 cm³/mol. The molecule has 1 aromatic heterocycles. The van der Waals surface area contributed by atoms with Crippen molar-refractivity contribution in [1.82, 2.24) is 9.88 Å². The molecule has 0 aliphatic carbocycles. The Labute approximate surface area is 128 Å². The highest BCUT2D eigenvalue weighted by atomic mass is 16.5. The molecule has 0 radical (unpaired) electrons. The van der Waals surface area contributed by atoms with Crippen LogP contribution in [0.5, 0.6) is 0 Å². The second-order valence-corrected chi connectivity index (χ2v) is 6.67. The van der Waals surface area contributed by atoms with Crippen LogP contribution in [0.15, 0.2) is 30.5 Å². The third-order valence-corrected chi connectivity index (χ3v) is 3.68. The zero-order valence-electron chi connectivity index (χ0n) is 13.8. The van der Waals surface area contributed by atoms with Gasteiger partial charge in [0.15, 0.2) is 0 Å². The Morgan fingerprint density at radius 3 is 2.67 bits per heavy atom. The largest absolute Gasteiger partial charge is 0.385 e. The number of unbranched alkanes of at least 4 members (excludes halogenated alkanes) is 1. The van der Waals surface area contributed by atoms with E-state index in [1.807, 2.05) is 0 Å². The van der Waals surface area contributed by atoms with E-state index in [1.54, 1.807) is 7.11 Å². The number of aryl methyl sites for hydroxylation is 1. The number of hydrogen-bond donors (Lipinski definition) is 1. The molecule has 21 heavy (non-hydrogen) atoms. The summed E-state index contributed by atoms with van der Waals surface area (Å²) >= 11 is 0. The maximum absolute atomic E-state index is 5.13. The number of methoxy groups -OCH3 is 1. The molecule has 3 heteroatoms. The number of benzene rings is 1. The highest BCUT2D eigenvalue weighted by molar-refractivity contribution is 5.83. The van der Waals surface area contributed by atoms with Crippen molar-refractivity contribution in [3.05, 3.63) is 36.0 Å². The van der Waals surface area contributed by atoms with E-state index >= 15 is 0 Å². The lowest BCUT2D eigenvalue weighted by molar-refractivity contribution is 0.191. The summed E-state index contributed by atoms with van der Waals surface area (Å²) in [6.07, 6.45) is 4.47. The first-order valence-corrected chi connectivity index (χ1v) is 7.82. The number of fused-ring (bicyclic) bond motifs is 1. The number of nitrogens with one attached hydrogen (secondary N) is 1. The van der Waals surface area contributed by atoms with Gasteiger partial charge in [-0.2, -0.15) is 0 Å². The van der Waals surface area contributed by atoms with E-state index in [-0.39, 0.29) is 5.54 Å². The molecule has 0 atom stereocenters. The van der Waals surface area contributed by atoms with E-state index in [2.05, 4.69) is 61.1 Å². The molecule has 0 fully saturated rings. The molecule has 0 bridgehead atoms. The predicted octanol–water partition coefficient (Wildman–Crippen LogP) is 3.96. The third kappa shape index (κ3) is 4.58. The van der Waals surface area contributed by atoms with Gasteiger partial charge in [-0.1, -0.05) is 18.2 Å². The van der Waals surface area contributed by atoms with Gasteiger partial charge < -0.3 is 14.6 Å². The van der Waals surface area contributed by atoms with Crippen molar-refractivity contribution in [2.75, 3.05) is 13.7 Å². The van der Waals surface area contributed by atoms with Crippen molar-refractivity contribution < 1.29 is 4.74 Å². The highest BCUT2D eigenvalue weighted by Gasteiger charge is 2.11. The molecular weight excluding hydrogens is 260 g/mol. The molecule has 0 unspecified atom stereocenters. The molecule has 1 aromatic carbocycles. The van der Waals surface area contributed by atoms with E-state index in [0.717, 1.165) is 32.5 Å².